The van der Waals surface area contributed by atoms with Gasteiger partial charge < -0.3 is 10.9 Å². The highest BCUT2D eigenvalue weighted by atomic mass is 35.5. The smallest absolute Gasteiger partial charge is 0.307 e. The van der Waals surface area contributed by atoms with Crippen molar-refractivity contribution in [3.05, 3.63) is 70.8 Å². The van der Waals surface area contributed by atoms with Crippen LogP contribution in [0.2, 0.25) is 0 Å². The fourth-order valence-electron chi connectivity index (χ4n) is 2.41. The van der Waals surface area contributed by atoms with Gasteiger partial charge in [-0.2, -0.15) is 0 Å². The molecule has 0 aliphatic rings. The Balaban J connectivity index is 0.00000264. The van der Waals surface area contributed by atoms with Crippen LogP contribution in [0, 0.1) is 6.92 Å². The molecule has 0 aliphatic carbocycles. The molecule has 0 fully saturated rings. The van der Waals surface area contributed by atoms with E-state index in [1.54, 1.807) is 6.92 Å². The standard InChI is InChI=1S/C19H21ClO2.H3N/c1-3-22-19(21)13-18(20)17-10-6-8-15(12-17)11-16-9-5-4-7-14(16)2;/h4-10,12,18H,3,11,13H2,1-2H3;1H3/t18-;/m0./s1. The number of esters is 1. The minimum atomic E-state index is -0.351. The molecule has 1 atom stereocenters. The second-order valence-electron chi connectivity index (χ2n) is 5.32. The molecule has 0 amide bonds. The van der Waals surface area contributed by atoms with Gasteiger partial charge in [-0.3, -0.25) is 4.79 Å². The van der Waals surface area contributed by atoms with Gasteiger partial charge in [-0.25, -0.2) is 0 Å². The van der Waals surface area contributed by atoms with Gasteiger partial charge in [-0.05, 0) is 42.5 Å². The average molecular weight is 334 g/mol. The molecule has 2 aromatic rings. The third-order valence-electron chi connectivity index (χ3n) is 3.62. The number of ether oxygens (including phenoxy) is 1. The molecule has 2 rings (SSSR count). The van der Waals surface area contributed by atoms with E-state index in [9.17, 15) is 4.79 Å². The van der Waals surface area contributed by atoms with Crippen LogP contribution in [0.3, 0.4) is 0 Å². The summed E-state index contributed by atoms with van der Waals surface area (Å²) in [6.07, 6.45) is 1.06. The normalized spacial score (nSPS) is 11.4. The Kier molecular flexibility index (Phi) is 7.79. The highest BCUT2D eigenvalue weighted by Crippen LogP contribution is 2.26. The van der Waals surface area contributed by atoms with Crippen molar-refractivity contribution in [3.8, 4) is 0 Å². The summed E-state index contributed by atoms with van der Waals surface area (Å²) >= 11 is 6.34. The van der Waals surface area contributed by atoms with E-state index >= 15 is 0 Å². The number of alkyl halides is 1. The Morgan fingerprint density at radius 2 is 1.91 bits per heavy atom. The zero-order valence-electron chi connectivity index (χ0n) is 13.7. The van der Waals surface area contributed by atoms with Gasteiger partial charge in [0, 0.05) is 0 Å². The molecule has 3 N–H and O–H groups in total. The molecule has 0 saturated carbocycles. The minimum Gasteiger partial charge on any atom is -0.466 e. The summed E-state index contributed by atoms with van der Waals surface area (Å²) in [5.41, 5.74) is 4.74. The van der Waals surface area contributed by atoms with Gasteiger partial charge in [-0.1, -0.05) is 48.5 Å². The minimum absolute atomic E-state index is 0. The molecule has 0 aromatic heterocycles. The number of hydrogen-bond donors (Lipinski definition) is 1. The molecule has 0 saturated heterocycles. The quantitative estimate of drug-likeness (QED) is 0.599. The Labute approximate surface area is 143 Å². The molecule has 3 nitrogen and oxygen atoms in total. The van der Waals surface area contributed by atoms with Crippen LogP contribution in [-0.4, -0.2) is 12.6 Å². The Hall–Kier alpha value is -1.84. The first-order valence-electron chi connectivity index (χ1n) is 7.53. The molecular weight excluding hydrogens is 310 g/mol. The molecule has 0 spiro atoms. The predicted molar refractivity (Wildman–Crippen MR) is 95.3 cm³/mol. The number of halogens is 1. The highest BCUT2D eigenvalue weighted by molar-refractivity contribution is 6.21. The van der Waals surface area contributed by atoms with E-state index in [1.165, 1.54) is 16.7 Å². The van der Waals surface area contributed by atoms with Crippen molar-refractivity contribution < 1.29 is 9.53 Å². The van der Waals surface area contributed by atoms with E-state index in [4.69, 9.17) is 16.3 Å². The van der Waals surface area contributed by atoms with E-state index in [-0.39, 0.29) is 23.9 Å². The number of aryl methyl sites for hydroxylation is 1. The maximum Gasteiger partial charge on any atom is 0.307 e. The number of benzene rings is 2. The summed E-state index contributed by atoms with van der Waals surface area (Å²) in [5, 5.41) is -0.351. The summed E-state index contributed by atoms with van der Waals surface area (Å²) in [7, 11) is 0. The zero-order chi connectivity index (χ0) is 15.9. The van der Waals surface area contributed by atoms with Crippen molar-refractivity contribution >= 4 is 17.6 Å². The Bertz CT molecular complexity index is 643. The maximum atomic E-state index is 11.5. The lowest BCUT2D eigenvalue weighted by Gasteiger charge is -2.12. The van der Waals surface area contributed by atoms with Gasteiger partial charge in [0.25, 0.3) is 0 Å². The van der Waals surface area contributed by atoms with E-state index < -0.39 is 0 Å². The van der Waals surface area contributed by atoms with Crippen LogP contribution in [0.1, 0.15) is 41.0 Å². The topological polar surface area (TPSA) is 61.3 Å². The molecule has 0 heterocycles. The average Bonchev–Trinajstić information content (AvgIpc) is 2.50. The maximum absolute atomic E-state index is 11.5. The van der Waals surface area contributed by atoms with Crippen molar-refractivity contribution in [1.82, 2.24) is 6.15 Å². The van der Waals surface area contributed by atoms with Gasteiger partial charge >= 0.3 is 5.97 Å². The summed E-state index contributed by atoms with van der Waals surface area (Å²) < 4.78 is 4.95. The van der Waals surface area contributed by atoms with Crippen molar-refractivity contribution in [2.45, 2.75) is 32.1 Å². The third-order valence-corrected chi connectivity index (χ3v) is 4.03. The third kappa shape index (κ3) is 5.70. The van der Waals surface area contributed by atoms with E-state index in [0.29, 0.717) is 6.61 Å². The molecule has 2 aromatic carbocycles. The van der Waals surface area contributed by atoms with Crippen LogP contribution in [-0.2, 0) is 16.0 Å². The number of rotatable bonds is 6. The van der Waals surface area contributed by atoms with E-state index in [1.807, 2.05) is 18.2 Å². The largest absolute Gasteiger partial charge is 0.466 e. The molecule has 4 heteroatoms. The van der Waals surface area contributed by atoms with Crippen molar-refractivity contribution in [1.29, 1.82) is 0 Å². The lowest BCUT2D eigenvalue weighted by molar-refractivity contribution is -0.143. The van der Waals surface area contributed by atoms with E-state index in [2.05, 4.69) is 37.3 Å². The Morgan fingerprint density at radius 1 is 1.17 bits per heavy atom. The van der Waals surface area contributed by atoms with Gasteiger partial charge in [0.05, 0.1) is 18.4 Å². The van der Waals surface area contributed by atoms with Gasteiger partial charge in [0.15, 0.2) is 0 Å². The molecule has 0 aliphatic heterocycles. The molecular formula is C19H24ClNO2. The van der Waals surface area contributed by atoms with Crippen LogP contribution >= 0.6 is 11.6 Å². The fourth-order valence-corrected chi connectivity index (χ4v) is 2.67. The summed E-state index contributed by atoms with van der Waals surface area (Å²) in [6, 6.07) is 16.5. The first-order valence-corrected chi connectivity index (χ1v) is 7.96. The van der Waals surface area contributed by atoms with Crippen LogP contribution < -0.4 is 6.15 Å². The predicted octanol–water partition coefficient (Wildman–Crippen LogP) is 4.98. The second-order valence-corrected chi connectivity index (χ2v) is 5.85. The molecule has 0 radical (unpaired) electrons. The van der Waals surface area contributed by atoms with Crippen molar-refractivity contribution in [2.75, 3.05) is 6.61 Å². The first-order chi connectivity index (χ1) is 10.6. The van der Waals surface area contributed by atoms with Crippen LogP contribution in [0.15, 0.2) is 48.5 Å². The lowest BCUT2D eigenvalue weighted by Crippen LogP contribution is -2.07. The van der Waals surface area contributed by atoms with Gasteiger partial charge in [0.1, 0.15) is 0 Å². The second kappa shape index (κ2) is 9.33. The first kappa shape index (κ1) is 19.2. The summed E-state index contributed by atoms with van der Waals surface area (Å²) in [5.74, 6) is -0.258. The number of carbonyl (C=O) groups excluding carboxylic acids is 1. The van der Waals surface area contributed by atoms with Gasteiger partial charge in [0.2, 0.25) is 0 Å². The lowest BCUT2D eigenvalue weighted by atomic mass is 9.98. The highest BCUT2D eigenvalue weighted by Gasteiger charge is 2.14. The SMILES string of the molecule is CCOC(=O)C[C@H](Cl)c1cccc(Cc2ccccc2C)c1.N. The number of hydrogen-bond acceptors (Lipinski definition) is 3. The summed E-state index contributed by atoms with van der Waals surface area (Å²) in [4.78, 5) is 11.5. The van der Waals surface area contributed by atoms with Crippen molar-refractivity contribution in [3.63, 3.8) is 0 Å². The van der Waals surface area contributed by atoms with Crippen molar-refractivity contribution in [2.24, 2.45) is 0 Å². The fraction of sp³-hybridized carbons (Fsp3) is 0.316. The van der Waals surface area contributed by atoms with Gasteiger partial charge in [-0.15, -0.1) is 11.6 Å². The monoisotopic (exact) mass is 333 g/mol. The number of carbonyl (C=O) groups is 1. The summed E-state index contributed by atoms with van der Waals surface area (Å²) in [6.45, 7) is 4.30. The van der Waals surface area contributed by atoms with Crippen LogP contribution in [0.5, 0.6) is 0 Å². The molecule has 124 valence electrons. The zero-order valence-corrected chi connectivity index (χ0v) is 14.5. The molecule has 0 bridgehead atoms. The van der Waals surface area contributed by atoms with E-state index in [0.717, 1.165) is 12.0 Å². The Morgan fingerprint density at radius 3 is 2.61 bits per heavy atom. The van der Waals surface area contributed by atoms with Crippen LogP contribution in [0.25, 0.3) is 0 Å². The van der Waals surface area contributed by atoms with Crippen LogP contribution in [0.4, 0.5) is 0 Å². The molecule has 23 heavy (non-hydrogen) atoms. The molecule has 0 unspecified atom stereocenters.